The van der Waals surface area contributed by atoms with Gasteiger partial charge in [-0.1, -0.05) is 24.2 Å². The number of ether oxygens (including phenoxy) is 3. The molecule has 28 heavy (non-hydrogen) atoms. The number of hydrogen-bond acceptors (Lipinski definition) is 6. The minimum Gasteiger partial charge on any atom is -0.489 e. The van der Waals surface area contributed by atoms with Crippen molar-refractivity contribution in [2.24, 2.45) is 0 Å². The molecular weight excluding hydrogens is 360 g/mol. The molecule has 144 valence electrons. The van der Waals surface area contributed by atoms with Gasteiger partial charge in [-0.3, -0.25) is 4.79 Å². The monoisotopic (exact) mass is 380 g/mol. The zero-order chi connectivity index (χ0) is 19.5. The highest BCUT2D eigenvalue weighted by Gasteiger charge is 2.19. The number of hydrogen-bond donors (Lipinski definition) is 1. The molecule has 1 aliphatic heterocycles. The van der Waals surface area contributed by atoms with E-state index in [1.807, 2.05) is 43.3 Å². The summed E-state index contributed by atoms with van der Waals surface area (Å²) in [6.45, 7) is 4.25. The van der Waals surface area contributed by atoms with Crippen LogP contribution in [0.1, 0.15) is 34.3 Å². The number of nitrogens with zero attached hydrogens (tertiary/aromatic N) is 1. The molecule has 1 amide bonds. The van der Waals surface area contributed by atoms with Crippen LogP contribution in [0.15, 0.2) is 47.0 Å². The molecule has 0 saturated carbocycles. The molecule has 0 spiro atoms. The number of fused-ring (bicyclic) bond motifs is 1. The summed E-state index contributed by atoms with van der Waals surface area (Å²) >= 11 is 0. The molecule has 2 aromatic carbocycles. The van der Waals surface area contributed by atoms with Crippen molar-refractivity contribution in [1.82, 2.24) is 5.16 Å². The van der Waals surface area contributed by atoms with Crippen LogP contribution in [-0.2, 0) is 13.0 Å². The van der Waals surface area contributed by atoms with Gasteiger partial charge in [0.05, 0.1) is 5.69 Å². The summed E-state index contributed by atoms with van der Waals surface area (Å²) in [5, 5.41) is 6.83. The predicted molar refractivity (Wildman–Crippen MR) is 102 cm³/mol. The van der Waals surface area contributed by atoms with E-state index in [0.717, 1.165) is 5.56 Å². The second-order valence-electron chi connectivity index (χ2n) is 6.37. The summed E-state index contributed by atoms with van der Waals surface area (Å²) in [6, 6.07) is 13.0. The topological polar surface area (TPSA) is 82.8 Å². The molecule has 3 aromatic rings. The number of aryl methyl sites for hydroxylation is 2. The molecule has 0 fully saturated rings. The van der Waals surface area contributed by atoms with Crippen molar-refractivity contribution in [3.05, 3.63) is 65.0 Å². The first-order chi connectivity index (χ1) is 13.6. The van der Waals surface area contributed by atoms with Gasteiger partial charge in [-0.05, 0) is 43.2 Å². The van der Waals surface area contributed by atoms with Crippen molar-refractivity contribution in [3.8, 4) is 17.2 Å². The summed E-state index contributed by atoms with van der Waals surface area (Å²) in [5.74, 6) is 2.36. The second-order valence-corrected chi connectivity index (χ2v) is 6.37. The Kier molecular flexibility index (Phi) is 4.89. The van der Waals surface area contributed by atoms with E-state index in [2.05, 4.69) is 10.5 Å². The number of anilines is 1. The molecule has 0 radical (unpaired) electrons. The van der Waals surface area contributed by atoms with Crippen LogP contribution in [0.5, 0.6) is 17.2 Å². The van der Waals surface area contributed by atoms with E-state index < -0.39 is 0 Å². The fourth-order valence-electron chi connectivity index (χ4n) is 3.02. The van der Waals surface area contributed by atoms with Crippen molar-refractivity contribution in [3.63, 3.8) is 0 Å². The standard InChI is InChI=1S/C21H20N2O5/c1-3-17-20(13(2)28-23-17)21(24)22-15-6-4-5-14(9-15)11-25-16-7-8-18-19(10-16)27-12-26-18/h4-10H,3,11-12H2,1-2H3,(H,22,24). The molecule has 0 aliphatic carbocycles. The highest BCUT2D eigenvalue weighted by molar-refractivity contribution is 6.05. The van der Waals surface area contributed by atoms with E-state index in [0.29, 0.717) is 53.0 Å². The first-order valence-electron chi connectivity index (χ1n) is 9.02. The summed E-state index contributed by atoms with van der Waals surface area (Å²) < 4.78 is 21.6. The second kappa shape index (κ2) is 7.64. The van der Waals surface area contributed by atoms with Crippen molar-refractivity contribution in [1.29, 1.82) is 0 Å². The van der Waals surface area contributed by atoms with Crippen LogP contribution in [0, 0.1) is 6.92 Å². The summed E-state index contributed by atoms with van der Waals surface area (Å²) in [7, 11) is 0. The van der Waals surface area contributed by atoms with Gasteiger partial charge in [0.1, 0.15) is 23.7 Å². The predicted octanol–water partition coefficient (Wildman–Crippen LogP) is 4.11. The van der Waals surface area contributed by atoms with E-state index in [1.54, 1.807) is 13.0 Å². The number of amides is 1. The van der Waals surface area contributed by atoms with Crippen molar-refractivity contribution >= 4 is 11.6 Å². The van der Waals surface area contributed by atoms with Crippen LogP contribution >= 0.6 is 0 Å². The number of aromatic nitrogens is 1. The van der Waals surface area contributed by atoms with Gasteiger partial charge >= 0.3 is 0 Å². The highest BCUT2D eigenvalue weighted by Crippen LogP contribution is 2.35. The molecule has 0 saturated heterocycles. The van der Waals surface area contributed by atoms with E-state index in [4.69, 9.17) is 18.7 Å². The van der Waals surface area contributed by atoms with Gasteiger partial charge in [0.25, 0.3) is 5.91 Å². The third kappa shape index (κ3) is 3.64. The van der Waals surface area contributed by atoms with Gasteiger partial charge in [-0.15, -0.1) is 0 Å². The smallest absolute Gasteiger partial charge is 0.261 e. The van der Waals surface area contributed by atoms with Gasteiger partial charge < -0.3 is 24.1 Å². The van der Waals surface area contributed by atoms with Crippen LogP contribution in [-0.4, -0.2) is 17.9 Å². The third-order valence-electron chi connectivity index (χ3n) is 4.43. The lowest BCUT2D eigenvalue weighted by molar-refractivity contribution is 0.102. The SMILES string of the molecule is CCc1noc(C)c1C(=O)Nc1cccc(COc2ccc3c(c2)OCO3)c1. The van der Waals surface area contributed by atoms with Gasteiger partial charge in [0.15, 0.2) is 11.5 Å². The van der Waals surface area contributed by atoms with Gasteiger partial charge in [-0.2, -0.15) is 0 Å². The molecule has 7 nitrogen and oxygen atoms in total. The maximum atomic E-state index is 12.6. The largest absolute Gasteiger partial charge is 0.489 e. The molecular formula is C21H20N2O5. The van der Waals surface area contributed by atoms with Crippen molar-refractivity contribution in [2.75, 3.05) is 12.1 Å². The molecule has 0 unspecified atom stereocenters. The fourth-order valence-corrected chi connectivity index (χ4v) is 3.02. The van der Waals surface area contributed by atoms with E-state index >= 15 is 0 Å². The Hall–Kier alpha value is -3.48. The molecule has 0 atom stereocenters. The minimum absolute atomic E-state index is 0.228. The summed E-state index contributed by atoms with van der Waals surface area (Å²) in [6.07, 6.45) is 0.628. The average molecular weight is 380 g/mol. The lowest BCUT2D eigenvalue weighted by Crippen LogP contribution is -2.14. The third-order valence-corrected chi connectivity index (χ3v) is 4.43. The number of nitrogens with one attached hydrogen (secondary N) is 1. The Morgan fingerprint density at radius 1 is 1.18 bits per heavy atom. The van der Waals surface area contributed by atoms with Crippen LogP contribution in [0.2, 0.25) is 0 Å². The molecule has 0 bridgehead atoms. The van der Waals surface area contributed by atoms with E-state index in [9.17, 15) is 4.79 Å². The fraction of sp³-hybridized carbons (Fsp3) is 0.238. The number of carbonyl (C=O) groups excluding carboxylic acids is 1. The van der Waals surface area contributed by atoms with Gasteiger partial charge in [0, 0.05) is 11.8 Å². The first-order valence-corrected chi connectivity index (χ1v) is 9.02. The summed E-state index contributed by atoms with van der Waals surface area (Å²) in [4.78, 5) is 12.6. The first kappa shape index (κ1) is 17.9. The normalized spacial score (nSPS) is 12.1. The van der Waals surface area contributed by atoms with E-state index in [-0.39, 0.29) is 12.7 Å². The van der Waals surface area contributed by atoms with Crippen molar-refractivity contribution in [2.45, 2.75) is 26.9 Å². The number of carbonyl (C=O) groups is 1. The zero-order valence-electron chi connectivity index (χ0n) is 15.7. The Morgan fingerprint density at radius 3 is 2.89 bits per heavy atom. The van der Waals surface area contributed by atoms with Gasteiger partial charge in [-0.25, -0.2) is 0 Å². The van der Waals surface area contributed by atoms with E-state index in [1.165, 1.54) is 0 Å². The molecule has 1 N–H and O–H groups in total. The van der Waals surface area contributed by atoms with Crippen LogP contribution in [0.25, 0.3) is 0 Å². The maximum absolute atomic E-state index is 12.6. The Balaban J connectivity index is 1.43. The van der Waals surface area contributed by atoms with Crippen molar-refractivity contribution < 1.29 is 23.5 Å². The lowest BCUT2D eigenvalue weighted by Gasteiger charge is -2.10. The molecule has 1 aromatic heterocycles. The van der Waals surface area contributed by atoms with Gasteiger partial charge in [0.2, 0.25) is 6.79 Å². The number of rotatable bonds is 6. The molecule has 2 heterocycles. The van der Waals surface area contributed by atoms with Crippen LogP contribution < -0.4 is 19.5 Å². The van der Waals surface area contributed by atoms with Crippen LogP contribution in [0.3, 0.4) is 0 Å². The lowest BCUT2D eigenvalue weighted by atomic mass is 10.1. The minimum atomic E-state index is -0.232. The number of benzene rings is 2. The van der Waals surface area contributed by atoms with Crippen LogP contribution in [0.4, 0.5) is 5.69 Å². The Morgan fingerprint density at radius 2 is 2.04 bits per heavy atom. The molecule has 1 aliphatic rings. The Labute approximate surface area is 162 Å². The highest BCUT2D eigenvalue weighted by atomic mass is 16.7. The average Bonchev–Trinajstić information content (AvgIpc) is 3.32. The quantitative estimate of drug-likeness (QED) is 0.693. The maximum Gasteiger partial charge on any atom is 0.261 e. The molecule has 4 rings (SSSR count). The summed E-state index contributed by atoms with van der Waals surface area (Å²) in [5.41, 5.74) is 2.74. The molecule has 7 heteroatoms. The zero-order valence-corrected chi connectivity index (χ0v) is 15.7. The Bertz CT molecular complexity index is 1010.